The summed E-state index contributed by atoms with van der Waals surface area (Å²) in [5, 5.41) is 2.62. The summed E-state index contributed by atoms with van der Waals surface area (Å²) in [5.74, 6) is 0.0608. The van der Waals surface area contributed by atoms with Gasteiger partial charge in [0.1, 0.15) is 17.6 Å². The number of ether oxygens (including phenoxy) is 1. The van der Waals surface area contributed by atoms with Gasteiger partial charge in [-0.1, -0.05) is 36.9 Å². The summed E-state index contributed by atoms with van der Waals surface area (Å²) in [6, 6.07) is 7.66. The number of hydrogen-bond acceptors (Lipinski definition) is 5. The molecule has 0 aromatic heterocycles. The van der Waals surface area contributed by atoms with E-state index in [2.05, 4.69) is 11.7 Å². The summed E-state index contributed by atoms with van der Waals surface area (Å²) in [6.07, 6.45) is 6.08. The molecule has 1 N–H and O–H groups in total. The van der Waals surface area contributed by atoms with E-state index in [9.17, 15) is 9.36 Å². The van der Waals surface area contributed by atoms with Gasteiger partial charge in [0.05, 0.1) is 6.10 Å². The van der Waals surface area contributed by atoms with Gasteiger partial charge in [-0.25, -0.2) is 4.57 Å². The number of para-hydroxylation sites is 1. The van der Waals surface area contributed by atoms with Crippen molar-refractivity contribution in [3.8, 4) is 5.75 Å². The Bertz CT molecular complexity index is 697. The summed E-state index contributed by atoms with van der Waals surface area (Å²) in [5.41, 5.74) is 0. The first kappa shape index (κ1) is 21.7. The lowest BCUT2D eigenvalue weighted by molar-refractivity contribution is -0.149. The number of rotatable bonds is 10. The Morgan fingerprint density at radius 2 is 1.88 bits per heavy atom. The third kappa shape index (κ3) is 7.72. The molecule has 0 saturated carbocycles. The van der Waals surface area contributed by atoms with E-state index in [1.54, 1.807) is 69.3 Å². The second-order valence-electron chi connectivity index (χ2n) is 5.63. The molecule has 0 radical (unpaired) electrons. The molecule has 142 valence electrons. The van der Waals surface area contributed by atoms with Crippen LogP contribution in [0.2, 0.25) is 0 Å². The highest BCUT2D eigenvalue weighted by atomic mass is 31.2. The molecule has 0 amide bonds. The van der Waals surface area contributed by atoms with Crippen molar-refractivity contribution in [1.82, 2.24) is 5.09 Å². The van der Waals surface area contributed by atoms with Crippen LogP contribution in [0, 0.1) is 0 Å². The van der Waals surface area contributed by atoms with Gasteiger partial charge in [0.15, 0.2) is 0 Å². The Kier molecular flexibility index (Phi) is 8.90. The van der Waals surface area contributed by atoms with E-state index in [1.165, 1.54) is 13.0 Å². The van der Waals surface area contributed by atoms with Crippen molar-refractivity contribution >= 4 is 13.7 Å². The number of benzene rings is 1. The highest BCUT2D eigenvalue weighted by Crippen LogP contribution is 2.47. The molecule has 0 heterocycles. The fraction of sp³-hybridized carbons (Fsp3) is 0.316. The van der Waals surface area contributed by atoms with Crippen molar-refractivity contribution < 1.29 is 23.1 Å². The van der Waals surface area contributed by atoms with Gasteiger partial charge in [-0.05, 0) is 52.0 Å². The van der Waals surface area contributed by atoms with Gasteiger partial charge < -0.3 is 13.8 Å². The van der Waals surface area contributed by atoms with Crippen LogP contribution < -0.4 is 9.61 Å². The predicted octanol–water partition coefficient (Wildman–Crippen LogP) is 4.77. The monoisotopic (exact) mass is 379 g/mol. The van der Waals surface area contributed by atoms with Crippen molar-refractivity contribution in [2.45, 2.75) is 39.8 Å². The molecule has 6 nitrogen and oxygen atoms in total. The van der Waals surface area contributed by atoms with Crippen LogP contribution in [0.25, 0.3) is 0 Å². The first-order chi connectivity index (χ1) is 12.3. The molecule has 0 fully saturated rings. The van der Waals surface area contributed by atoms with Gasteiger partial charge in [0.2, 0.25) is 0 Å². The maximum Gasteiger partial charge on any atom is 0.513 e. The van der Waals surface area contributed by atoms with Crippen molar-refractivity contribution in [1.29, 1.82) is 0 Å². The minimum absolute atomic E-state index is 0.277. The van der Waals surface area contributed by atoms with Gasteiger partial charge >= 0.3 is 13.7 Å². The van der Waals surface area contributed by atoms with E-state index in [1.807, 2.05) is 0 Å². The second-order valence-corrected chi connectivity index (χ2v) is 7.25. The molecule has 0 aliphatic rings. The first-order valence-corrected chi connectivity index (χ1v) is 9.82. The van der Waals surface area contributed by atoms with E-state index in [-0.39, 0.29) is 11.9 Å². The molecule has 1 rings (SSSR count). The van der Waals surface area contributed by atoms with Gasteiger partial charge in [-0.15, -0.1) is 0 Å². The number of allylic oxidation sites excluding steroid dienone is 4. The van der Waals surface area contributed by atoms with Gasteiger partial charge in [-0.3, -0.25) is 4.79 Å². The van der Waals surface area contributed by atoms with E-state index in [0.29, 0.717) is 5.75 Å². The fourth-order valence-corrected chi connectivity index (χ4v) is 3.37. The summed E-state index contributed by atoms with van der Waals surface area (Å²) in [6.45, 7) is 10.4. The number of carbonyl (C=O) groups is 1. The van der Waals surface area contributed by atoms with Gasteiger partial charge in [0, 0.05) is 0 Å². The maximum absolute atomic E-state index is 13.3. The van der Waals surface area contributed by atoms with Gasteiger partial charge in [0.25, 0.3) is 0 Å². The van der Waals surface area contributed by atoms with Crippen LogP contribution in [0.4, 0.5) is 0 Å². The minimum atomic E-state index is -3.93. The van der Waals surface area contributed by atoms with Crippen molar-refractivity contribution in [3.05, 3.63) is 67.0 Å². The lowest BCUT2D eigenvalue weighted by atomic mass is 10.3. The molecular weight excluding hydrogens is 353 g/mol. The molecule has 0 aliphatic heterocycles. The van der Waals surface area contributed by atoms with Crippen LogP contribution >= 0.6 is 7.75 Å². The molecular formula is C19H26NO5P. The quantitative estimate of drug-likeness (QED) is 0.273. The minimum Gasteiger partial charge on any atom is -0.462 e. The zero-order valence-electron chi connectivity index (χ0n) is 15.5. The Morgan fingerprint density at radius 1 is 1.23 bits per heavy atom. The molecule has 7 heteroatoms. The highest BCUT2D eigenvalue weighted by molar-refractivity contribution is 7.52. The summed E-state index contributed by atoms with van der Waals surface area (Å²) < 4.78 is 29.5. The molecule has 26 heavy (non-hydrogen) atoms. The number of carbonyl (C=O) groups excluding carboxylic acids is 1. The molecule has 0 aliphatic carbocycles. The lowest BCUT2D eigenvalue weighted by Crippen LogP contribution is -2.36. The van der Waals surface area contributed by atoms with Crippen LogP contribution in [-0.4, -0.2) is 18.1 Å². The van der Waals surface area contributed by atoms with Gasteiger partial charge in [-0.2, -0.15) is 5.09 Å². The second kappa shape index (κ2) is 10.6. The van der Waals surface area contributed by atoms with E-state index < -0.39 is 19.8 Å². The number of nitrogens with one attached hydrogen (secondary N) is 1. The molecule has 1 aromatic carbocycles. The van der Waals surface area contributed by atoms with Crippen LogP contribution in [0.1, 0.15) is 27.7 Å². The third-order valence-corrected chi connectivity index (χ3v) is 4.47. The lowest BCUT2D eigenvalue weighted by Gasteiger charge is -2.23. The Morgan fingerprint density at radius 3 is 2.42 bits per heavy atom. The third-order valence-electron chi connectivity index (χ3n) is 2.86. The van der Waals surface area contributed by atoms with Crippen LogP contribution in [0.15, 0.2) is 67.0 Å². The average Bonchev–Trinajstić information content (AvgIpc) is 2.55. The smallest absolute Gasteiger partial charge is 0.462 e. The fourth-order valence-electron chi connectivity index (χ4n) is 1.85. The summed E-state index contributed by atoms with van der Waals surface area (Å²) in [7, 11) is -3.93. The average molecular weight is 379 g/mol. The van der Waals surface area contributed by atoms with Crippen molar-refractivity contribution in [2.24, 2.45) is 0 Å². The van der Waals surface area contributed by atoms with Crippen LogP contribution in [0.5, 0.6) is 5.75 Å². The standard InChI is InChI=1S/C19H26NO5P/c1-6-11-17(12-7-2)24-26(22,25-18-13-9-8-10-14-18)20-16(5)19(21)23-15(3)4/h6-16H,1H2,2-5H3,(H,20,22)/b12-7-,17-11+/t16-,26?/m0/s1. The molecule has 1 aromatic rings. The Hall–Kier alpha value is -2.30. The zero-order valence-corrected chi connectivity index (χ0v) is 16.4. The zero-order chi connectivity index (χ0) is 19.6. The molecule has 0 saturated heterocycles. The predicted molar refractivity (Wildman–Crippen MR) is 103 cm³/mol. The topological polar surface area (TPSA) is 73.9 Å². The van der Waals surface area contributed by atoms with Crippen molar-refractivity contribution in [3.63, 3.8) is 0 Å². The molecule has 0 bridgehead atoms. The van der Waals surface area contributed by atoms with E-state index in [4.69, 9.17) is 13.8 Å². The molecule has 0 spiro atoms. The van der Waals surface area contributed by atoms with Crippen molar-refractivity contribution in [2.75, 3.05) is 0 Å². The van der Waals surface area contributed by atoms with Crippen LogP contribution in [-0.2, 0) is 18.6 Å². The Labute approximate surface area is 155 Å². The van der Waals surface area contributed by atoms with Crippen LogP contribution in [0.3, 0.4) is 0 Å². The SMILES string of the molecule is C=C/C=C(\C=C/C)OP(=O)(N[C@@H](C)C(=O)OC(C)C)Oc1ccccc1. The first-order valence-electron chi connectivity index (χ1n) is 8.27. The number of esters is 1. The molecule has 1 unspecified atom stereocenters. The summed E-state index contributed by atoms with van der Waals surface area (Å²) >= 11 is 0. The highest BCUT2D eigenvalue weighted by Gasteiger charge is 2.34. The normalized spacial score (nSPS) is 15.3. The number of hydrogen-bond donors (Lipinski definition) is 1. The maximum atomic E-state index is 13.3. The Balaban J connectivity index is 3.07. The van der Waals surface area contributed by atoms with E-state index >= 15 is 0 Å². The molecule has 2 atom stereocenters. The summed E-state index contributed by atoms with van der Waals surface area (Å²) in [4.78, 5) is 12.1. The van der Waals surface area contributed by atoms with E-state index in [0.717, 1.165) is 0 Å². The largest absolute Gasteiger partial charge is 0.513 e.